The van der Waals surface area contributed by atoms with Crippen LogP contribution in [0.15, 0.2) is 48.5 Å². The first kappa shape index (κ1) is 31.9. The van der Waals surface area contributed by atoms with E-state index in [1.54, 1.807) is 13.8 Å². The summed E-state index contributed by atoms with van der Waals surface area (Å²) in [5.41, 5.74) is 7.13. The zero-order chi connectivity index (χ0) is 28.8. The lowest BCUT2D eigenvalue weighted by molar-refractivity contribution is -0.159. The molecule has 2 N–H and O–H groups in total. The molecule has 9 nitrogen and oxygen atoms in total. The van der Waals surface area contributed by atoms with Gasteiger partial charge in [-0.15, -0.1) is 11.6 Å². The highest BCUT2D eigenvalue weighted by Gasteiger charge is 2.24. The quantitative estimate of drug-likeness (QED) is 0.182. The van der Waals surface area contributed by atoms with E-state index < -0.39 is 24.1 Å². The molecule has 214 valence electrons. The number of carbonyl (C=O) groups is 3. The van der Waals surface area contributed by atoms with Crippen LogP contribution in [0.3, 0.4) is 0 Å². The fraction of sp³-hybridized carbons (Fsp3) is 0.483. The van der Waals surface area contributed by atoms with E-state index >= 15 is 0 Å². The predicted octanol–water partition coefficient (Wildman–Crippen LogP) is 4.15. The van der Waals surface area contributed by atoms with Crippen LogP contribution in [0.4, 0.5) is 0 Å². The molecule has 0 bridgehead atoms. The number of alkyl halides is 1. The summed E-state index contributed by atoms with van der Waals surface area (Å²) in [6, 6.07) is 15.3. The number of benzene rings is 2. The Morgan fingerprint density at radius 2 is 1.21 bits per heavy atom. The summed E-state index contributed by atoms with van der Waals surface area (Å²) >= 11 is 5.88. The van der Waals surface area contributed by atoms with Crippen LogP contribution >= 0.6 is 11.6 Å². The Kier molecular flexibility index (Phi) is 13.1. The van der Waals surface area contributed by atoms with E-state index in [0.29, 0.717) is 11.5 Å². The molecule has 0 aromatic heterocycles. The number of rotatable bonds is 16. The molecule has 0 aliphatic carbocycles. The maximum Gasteiger partial charge on any atom is 0.320 e. The minimum absolute atomic E-state index is 0.00908. The third-order valence-electron chi connectivity index (χ3n) is 5.97. The normalized spacial score (nSPS) is 12.7. The van der Waals surface area contributed by atoms with Crippen molar-refractivity contribution < 1.29 is 38.1 Å². The first-order valence-corrected chi connectivity index (χ1v) is 13.4. The van der Waals surface area contributed by atoms with Gasteiger partial charge in [-0.1, -0.05) is 52.0 Å². The lowest BCUT2D eigenvalue weighted by Crippen LogP contribution is -2.33. The predicted molar refractivity (Wildman–Crippen MR) is 147 cm³/mol. The number of halogens is 1. The molecule has 0 radical (unpaired) electrons. The van der Waals surface area contributed by atoms with Crippen LogP contribution in [-0.2, 0) is 34.0 Å². The Bertz CT molecular complexity index is 1060. The zero-order valence-corrected chi connectivity index (χ0v) is 23.7. The number of carbonyl (C=O) groups excluding carboxylic acids is 3. The van der Waals surface area contributed by atoms with Gasteiger partial charge in [0.1, 0.15) is 37.4 Å². The van der Waals surface area contributed by atoms with E-state index in [-0.39, 0.29) is 56.5 Å². The van der Waals surface area contributed by atoms with Crippen LogP contribution in [0.5, 0.6) is 11.5 Å². The van der Waals surface area contributed by atoms with Gasteiger partial charge in [0.15, 0.2) is 6.10 Å². The Morgan fingerprint density at radius 3 is 1.64 bits per heavy atom. The molecule has 2 unspecified atom stereocenters. The summed E-state index contributed by atoms with van der Waals surface area (Å²) in [5, 5.41) is 0. The fourth-order valence-corrected chi connectivity index (χ4v) is 3.65. The molecule has 2 aromatic carbocycles. The van der Waals surface area contributed by atoms with Crippen molar-refractivity contribution >= 4 is 29.5 Å². The van der Waals surface area contributed by atoms with E-state index in [9.17, 15) is 14.4 Å². The highest BCUT2D eigenvalue weighted by Crippen LogP contribution is 2.33. The van der Waals surface area contributed by atoms with Crippen LogP contribution in [0.1, 0.15) is 51.7 Å². The van der Waals surface area contributed by atoms with Gasteiger partial charge >= 0.3 is 17.9 Å². The lowest BCUT2D eigenvalue weighted by atomic mass is 9.78. The van der Waals surface area contributed by atoms with Gasteiger partial charge in [0.25, 0.3) is 0 Å². The second kappa shape index (κ2) is 16.0. The Labute approximate surface area is 234 Å². The van der Waals surface area contributed by atoms with Gasteiger partial charge < -0.3 is 29.4 Å². The summed E-state index contributed by atoms with van der Waals surface area (Å²) in [5.74, 6) is 0.0602. The highest BCUT2D eigenvalue weighted by atomic mass is 35.5. The van der Waals surface area contributed by atoms with E-state index in [1.165, 1.54) is 0 Å². The van der Waals surface area contributed by atoms with Gasteiger partial charge in [0, 0.05) is 18.3 Å². The van der Waals surface area contributed by atoms with E-state index in [2.05, 4.69) is 13.8 Å². The fourth-order valence-electron chi connectivity index (χ4n) is 3.50. The molecular weight excluding hydrogens is 526 g/mol. The van der Waals surface area contributed by atoms with Crippen molar-refractivity contribution in [2.45, 2.75) is 58.2 Å². The van der Waals surface area contributed by atoms with E-state index in [4.69, 9.17) is 41.0 Å². The van der Waals surface area contributed by atoms with Gasteiger partial charge in [-0.2, -0.15) is 0 Å². The maximum atomic E-state index is 11.6. The maximum absolute atomic E-state index is 11.6. The molecule has 0 aliphatic heterocycles. The smallest absolute Gasteiger partial charge is 0.320 e. The van der Waals surface area contributed by atoms with Crippen LogP contribution in [0.25, 0.3) is 0 Å². The molecule has 0 fully saturated rings. The zero-order valence-electron chi connectivity index (χ0n) is 22.9. The van der Waals surface area contributed by atoms with Crippen LogP contribution in [0.2, 0.25) is 0 Å². The van der Waals surface area contributed by atoms with Crippen molar-refractivity contribution in [3.05, 3.63) is 59.7 Å². The first-order chi connectivity index (χ1) is 18.6. The minimum Gasteiger partial charge on any atom is -0.490 e. The van der Waals surface area contributed by atoms with Crippen LogP contribution < -0.4 is 15.2 Å². The molecule has 0 spiro atoms. The average Bonchev–Trinajstić information content (AvgIpc) is 2.96. The Hall–Kier alpha value is -3.30. The number of ether oxygens (including phenoxy) is 5. The molecule has 2 rings (SSSR count). The number of hydrogen-bond acceptors (Lipinski definition) is 9. The molecule has 0 heterocycles. The topological polar surface area (TPSA) is 123 Å². The lowest BCUT2D eigenvalue weighted by Gasteiger charge is -2.27. The summed E-state index contributed by atoms with van der Waals surface area (Å²) in [7, 11) is 0. The summed E-state index contributed by atoms with van der Waals surface area (Å²) < 4.78 is 27.1. The van der Waals surface area contributed by atoms with Gasteiger partial charge in [0.05, 0.1) is 12.4 Å². The first-order valence-electron chi connectivity index (χ1n) is 12.9. The van der Waals surface area contributed by atoms with Crippen molar-refractivity contribution in [1.29, 1.82) is 0 Å². The monoisotopic (exact) mass is 563 g/mol. The van der Waals surface area contributed by atoms with E-state index in [0.717, 1.165) is 11.1 Å². The van der Waals surface area contributed by atoms with Crippen LogP contribution in [-0.4, -0.2) is 62.4 Å². The third kappa shape index (κ3) is 10.4. The molecule has 0 saturated carbocycles. The van der Waals surface area contributed by atoms with Crippen molar-refractivity contribution in [1.82, 2.24) is 0 Å². The van der Waals surface area contributed by atoms with Gasteiger partial charge in [-0.25, -0.2) is 0 Å². The second-order valence-corrected chi connectivity index (χ2v) is 9.58. The van der Waals surface area contributed by atoms with Crippen LogP contribution in [0, 0.1) is 0 Å². The third-order valence-corrected chi connectivity index (χ3v) is 6.31. The molecule has 39 heavy (non-hydrogen) atoms. The second-order valence-electron chi connectivity index (χ2n) is 9.27. The summed E-state index contributed by atoms with van der Waals surface area (Å²) in [6.45, 7) is 7.41. The van der Waals surface area contributed by atoms with Crippen molar-refractivity contribution in [3.8, 4) is 11.5 Å². The van der Waals surface area contributed by atoms with Gasteiger partial charge in [-0.05, 0) is 35.4 Å². The summed E-state index contributed by atoms with van der Waals surface area (Å²) in [4.78, 5) is 34.6. The number of esters is 3. The van der Waals surface area contributed by atoms with Crippen molar-refractivity contribution in [2.75, 3.05) is 32.2 Å². The molecule has 2 atom stereocenters. The standard InChI is InChI=1S/C29H38ClNO8/c1-5-26(32)37-19-25(39-28(34)16-31)18-36-23-13-9-21(10-14-23)29(3,4)20-7-11-22(12-8-20)35-17-24(15-30)38-27(33)6-2/h7-14,24-25H,5-6,15-19,31H2,1-4H3. The Morgan fingerprint density at radius 1 is 0.744 bits per heavy atom. The number of hydrogen-bond donors (Lipinski definition) is 1. The molecule has 2 aromatic rings. The molecule has 10 heteroatoms. The molecular formula is C29H38ClNO8. The minimum atomic E-state index is -0.771. The molecule has 0 saturated heterocycles. The SMILES string of the molecule is CCC(=O)OCC(COc1ccc(C(C)(C)c2ccc(OCC(CCl)OC(=O)CC)cc2)cc1)OC(=O)CN. The molecule has 0 amide bonds. The summed E-state index contributed by atoms with van der Waals surface area (Å²) in [6.07, 6.45) is -0.779. The average molecular weight is 564 g/mol. The molecule has 0 aliphatic rings. The van der Waals surface area contributed by atoms with Crippen molar-refractivity contribution in [2.24, 2.45) is 5.73 Å². The van der Waals surface area contributed by atoms with Gasteiger partial charge in [-0.3, -0.25) is 14.4 Å². The largest absolute Gasteiger partial charge is 0.490 e. The van der Waals surface area contributed by atoms with Crippen molar-refractivity contribution in [3.63, 3.8) is 0 Å². The van der Waals surface area contributed by atoms with E-state index in [1.807, 2.05) is 48.5 Å². The van der Waals surface area contributed by atoms with Gasteiger partial charge in [0.2, 0.25) is 0 Å². The highest BCUT2D eigenvalue weighted by molar-refractivity contribution is 6.18. The Balaban J connectivity index is 1.99. The number of nitrogens with two attached hydrogens (primary N) is 1.